The Hall–Kier alpha value is -4.89. The van der Waals surface area contributed by atoms with Gasteiger partial charge in [0, 0.05) is 51.7 Å². The normalized spacial score (nSPS) is 15.5. The Labute approximate surface area is 241 Å². The largest absolute Gasteiger partial charge is 0.451 e. The lowest BCUT2D eigenvalue weighted by Gasteiger charge is -2.29. The van der Waals surface area contributed by atoms with Crippen molar-refractivity contribution < 1.29 is 13.9 Å². The second kappa shape index (κ2) is 9.88. The van der Waals surface area contributed by atoms with Crippen molar-refractivity contribution in [1.82, 2.24) is 9.88 Å². The van der Waals surface area contributed by atoms with Crippen LogP contribution < -0.4 is 31.0 Å². The van der Waals surface area contributed by atoms with Crippen LogP contribution in [-0.2, 0) is 6.54 Å². The van der Waals surface area contributed by atoms with E-state index in [0.29, 0.717) is 30.0 Å². The molecular weight excluding hydrogens is 533 g/mol. The van der Waals surface area contributed by atoms with Gasteiger partial charge in [-0.3, -0.25) is 9.59 Å². The first-order valence-corrected chi connectivity index (χ1v) is 14.0. The Morgan fingerprint density at radius 3 is 2.57 bits per heavy atom. The fourth-order valence-electron chi connectivity index (χ4n) is 6.10. The number of pyridine rings is 1. The number of halogens is 1. The van der Waals surface area contributed by atoms with Gasteiger partial charge >= 0.3 is 0 Å². The summed E-state index contributed by atoms with van der Waals surface area (Å²) in [6.45, 7) is 1.27. The molecule has 2 aliphatic heterocycles. The Kier molecular flexibility index (Phi) is 6.13. The molecular formula is C33H30FN5O3. The minimum atomic E-state index is -0.586. The predicted octanol–water partition coefficient (Wildman–Crippen LogP) is 4.92. The van der Waals surface area contributed by atoms with Gasteiger partial charge in [0.25, 0.3) is 5.91 Å². The average Bonchev–Trinajstić information content (AvgIpc) is 3.41. The minimum Gasteiger partial charge on any atom is -0.451 e. The van der Waals surface area contributed by atoms with Gasteiger partial charge in [-0.25, -0.2) is 4.39 Å². The first-order valence-electron chi connectivity index (χ1n) is 14.0. The van der Waals surface area contributed by atoms with Crippen LogP contribution in [0.3, 0.4) is 0 Å². The van der Waals surface area contributed by atoms with Crippen LogP contribution in [0.4, 0.5) is 15.8 Å². The standard InChI is InChI=1S/C33H30FN5O3/c1-37(2)26-10-6-5-9-21(26)16-36-33(41)24-18-39-27-13-19-7-3-4-8-20(19)14-28(27)42-32-29(39)23(31(24)40)15-25(34)30(32)38-12-11-22(35)17-38/h3-10,13-15,18,22H,11-12,16-17,35H2,1-2H3,(H,36,41). The van der Waals surface area contributed by atoms with Crippen LogP contribution in [0.5, 0.6) is 11.5 Å². The zero-order valence-corrected chi connectivity index (χ0v) is 23.4. The lowest BCUT2D eigenvalue weighted by atomic mass is 10.0. The summed E-state index contributed by atoms with van der Waals surface area (Å²) in [5.74, 6) is -0.361. The molecule has 1 saturated heterocycles. The van der Waals surface area contributed by atoms with Crippen LogP contribution in [0, 0.1) is 5.82 Å². The highest BCUT2D eigenvalue weighted by molar-refractivity contribution is 6.02. The quantitative estimate of drug-likeness (QED) is 0.309. The Morgan fingerprint density at radius 1 is 1.10 bits per heavy atom. The number of para-hydroxylation sites is 1. The third kappa shape index (κ3) is 4.16. The number of nitrogens with two attached hydrogens (primary N) is 1. The smallest absolute Gasteiger partial charge is 0.257 e. The number of nitrogens with one attached hydrogen (secondary N) is 1. The van der Waals surface area contributed by atoms with Crippen LogP contribution in [0.25, 0.3) is 27.4 Å². The summed E-state index contributed by atoms with van der Waals surface area (Å²) in [6, 6.07) is 20.6. The average molecular weight is 564 g/mol. The highest BCUT2D eigenvalue weighted by Crippen LogP contribution is 2.48. The molecule has 4 aromatic carbocycles. The SMILES string of the molecule is CN(C)c1ccccc1CNC(=O)c1cn2c3c(c(N4CCC(N)C4)c(F)cc3c1=O)Oc1cc3ccccc3cc1-2. The number of anilines is 2. The number of aromatic nitrogens is 1. The molecule has 2 aliphatic rings. The van der Waals surface area contributed by atoms with E-state index in [1.807, 2.05) is 84.6 Å². The molecule has 1 atom stereocenters. The van der Waals surface area contributed by atoms with Crippen molar-refractivity contribution in [2.24, 2.45) is 5.73 Å². The van der Waals surface area contributed by atoms with E-state index >= 15 is 4.39 Å². The molecule has 8 nitrogen and oxygen atoms in total. The van der Waals surface area contributed by atoms with Crippen molar-refractivity contribution in [3.63, 3.8) is 0 Å². The molecule has 0 aliphatic carbocycles. The molecule has 0 radical (unpaired) electrons. The summed E-state index contributed by atoms with van der Waals surface area (Å²) in [6.07, 6.45) is 2.27. The summed E-state index contributed by atoms with van der Waals surface area (Å²) < 4.78 is 24.1. The highest BCUT2D eigenvalue weighted by Gasteiger charge is 2.33. The number of nitrogens with zero attached hydrogens (tertiary/aromatic N) is 3. The fraction of sp³-hybridized carbons (Fsp3) is 0.212. The second-order valence-corrected chi connectivity index (χ2v) is 11.1. The summed E-state index contributed by atoms with van der Waals surface area (Å²) in [4.78, 5) is 31.2. The summed E-state index contributed by atoms with van der Waals surface area (Å²) in [5, 5.41) is 4.90. The number of rotatable bonds is 5. The van der Waals surface area contributed by atoms with E-state index in [1.165, 1.54) is 6.07 Å². The molecule has 3 heterocycles. The summed E-state index contributed by atoms with van der Waals surface area (Å²) in [7, 11) is 3.86. The van der Waals surface area contributed by atoms with E-state index in [9.17, 15) is 9.59 Å². The predicted molar refractivity (Wildman–Crippen MR) is 164 cm³/mol. The van der Waals surface area contributed by atoms with E-state index in [0.717, 1.165) is 28.4 Å². The van der Waals surface area contributed by atoms with E-state index in [-0.39, 0.29) is 35.0 Å². The Bertz CT molecular complexity index is 1970. The van der Waals surface area contributed by atoms with Crippen LogP contribution in [-0.4, -0.2) is 43.7 Å². The number of carbonyl (C=O) groups is 1. The molecule has 9 heteroatoms. The minimum absolute atomic E-state index is 0.0767. The van der Waals surface area contributed by atoms with Crippen LogP contribution in [0.2, 0.25) is 0 Å². The van der Waals surface area contributed by atoms with Gasteiger partial charge in [-0.05, 0) is 47.0 Å². The third-order valence-electron chi connectivity index (χ3n) is 8.17. The molecule has 0 saturated carbocycles. The monoisotopic (exact) mass is 563 g/mol. The number of hydrogen-bond acceptors (Lipinski definition) is 6. The van der Waals surface area contributed by atoms with Crippen molar-refractivity contribution in [3.05, 3.63) is 100 Å². The fourth-order valence-corrected chi connectivity index (χ4v) is 6.10. The first kappa shape index (κ1) is 26.0. The third-order valence-corrected chi connectivity index (χ3v) is 8.17. The van der Waals surface area contributed by atoms with Crippen LogP contribution >= 0.6 is 0 Å². The maximum atomic E-state index is 15.9. The van der Waals surface area contributed by atoms with Crippen LogP contribution in [0.1, 0.15) is 22.3 Å². The molecule has 212 valence electrons. The van der Waals surface area contributed by atoms with Crippen molar-refractivity contribution >= 4 is 39.0 Å². The highest BCUT2D eigenvalue weighted by atomic mass is 19.1. The maximum absolute atomic E-state index is 15.9. The summed E-state index contributed by atoms with van der Waals surface area (Å²) in [5.41, 5.74) is 8.76. The first-order chi connectivity index (χ1) is 20.3. The molecule has 42 heavy (non-hydrogen) atoms. The molecule has 1 amide bonds. The molecule has 1 unspecified atom stereocenters. The van der Waals surface area contributed by atoms with Gasteiger partial charge in [-0.15, -0.1) is 0 Å². The lowest BCUT2D eigenvalue weighted by molar-refractivity contribution is 0.0949. The van der Waals surface area contributed by atoms with Crippen molar-refractivity contribution in [3.8, 4) is 17.2 Å². The van der Waals surface area contributed by atoms with E-state index in [4.69, 9.17) is 10.5 Å². The maximum Gasteiger partial charge on any atom is 0.257 e. The van der Waals surface area contributed by atoms with Gasteiger partial charge in [0.05, 0.1) is 11.1 Å². The number of fused-ring (bicyclic) bond motifs is 3. The van der Waals surface area contributed by atoms with Gasteiger partial charge in [-0.2, -0.15) is 0 Å². The van der Waals surface area contributed by atoms with Crippen LogP contribution in [0.15, 0.2) is 77.7 Å². The zero-order valence-electron chi connectivity index (χ0n) is 23.4. The molecule has 0 spiro atoms. The molecule has 7 rings (SSSR count). The van der Waals surface area contributed by atoms with Gasteiger partial charge in [0.1, 0.15) is 16.8 Å². The number of carbonyl (C=O) groups excluding carboxylic acids is 1. The zero-order chi connectivity index (χ0) is 29.1. The number of hydrogen-bond donors (Lipinski definition) is 2. The van der Waals surface area contributed by atoms with Gasteiger partial charge in [-0.1, -0.05) is 42.5 Å². The molecule has 5 aromatic rings. The van der Waals surface area contributed by atoms with E-state index < -0.39 is 17.2 Å². The number of amides is 1. The Morgan fingerprint density at radius 2 is 1.83 bits per heavy atom. The van der Waals surface area contributed by atoms with Crippen molar-refractivity contribution in [1.29, 1.82) is 0 Å². The Balaban J connectivity index is 1.41. The number of benzene rings is 4. The van der Waals surface area contributed by atoms with E-state index in [1.54, 1.807) is 10.8 Å². The van der Waals surface area contributed by atoms with Gasteiger partial charge in [0.15, 0.2) is 17.3 Å². The van der Waals surface area contributed by atoms with Gasteiger partial charge < -0.3 is 30.2 Å². The van der Waals surface area contributed by atoms with Gasteiger partial charge in [0.2, 0.25) is 5.43 Å². The molecule has 0 bridgehead atoms. The summed E-state index contributed by atoms with van der Waals surface area (Å²) >= 11 is 0. The topological polar surface area (TPSA) is 92.8 Å². The molecule has 1 aromatic heterocycles. The molecule has 1 fully saturated rings. The van der Waals surface area contributed by atoms with Crippen molar-refractivity contribution in [2.75, 3.05) is 37.0 Å². The number of ether oxygens (including phenoxy) is 1. The lowest BCUT2D eigenvalue weighted by Crippen LogP contribution is -2.31. The van der Waals surface area contributed by atoms with Crippen molar-refractivity contribution in [2.45, 2.75) is 19.0 Å². The second-order valence-electron chi connectivity index (χ2n) is 11.1. The molecule has 3 N–H and O–H groups in total. The van der Waals surface area contributed by atoms with E-state index in [2.05, 4.69) is 5.32 Å².